The van der Waals surface area contributed by atoms with Crippen molar-refractivity contribution >= 4 is 22.8 Å². The average Bonchev–Trinajstić information content (AvgIpc) is 2.95. The summed E-state index contributed by atoms with van der Waals surface area (Å²) < 4.78 is 34.0. The van der Waals surface area contributed by atoms with Gasteiger partial charge in [0, 0.05) is 12.6 Å². The van der Waals surface area contributed by atoms with Gasteiger partial charge in [0.25, 0.3) is 5.91 Å². The van der Waals surface area contributed by atoms with Gasteiger partial charge in [0.1, 0.15) is 17.2 Å². The summed E-state index contributed by atoms with van der Waals surface area (Å²) in [6.45, 7) is 1.85. The number of nitrogens with one attached hydrogen (secondary N) is 1. The highest BCUT2D eigenvalue weighted by atomic mass is 19.1. The van der Waals surface area contributed by atoms with Gasteiger partial charge in [-0.1, -0.05) is 6.07 Å². The lowest BCUT2D eigenvalue weighted by molar-refractivity contribution is 0.101. The van der Waals surface area contributed by atoms with Gasteiger partial charge in [0.2, 0.25) is 0 Å². The van der Waals surface area contributed by atoms with Crippen LogP contribution in [0.25, 0.3) is 22.4 Å². The third-order valence-electron chi connectivity index (χ3n) is 4.50. The highest BCUT2D eigenvalue weighted by Crippen LogP contribution is 2.26. The van der Waals surface area contributed by atoms with Gasteiger partial charge in [-0.05, 0) is 36.8 Å². The minimum atomic E-state index is -0.972. The van der Waals surface area contributed by atoms with E-state index in [2.05, 4.69) is 15.3 Å². The fourth-order valence-corrected chi connectivity index (χ4v) is 2.98. The number of aromatic nitrogens is 3. The van der Waals surface area contributed by atoms with Crippen LogP contribution in [0.3, 0.4) is 0 Å². The van der Waals surface area contributed by atoms with Crippen LogP contribution in [-0.4, -0.2) is 20.4 Å². The molecule has 0 unspecified atom stereocenters. The zero-order valence-electron chi connectivity index (χ0n) is 15.4. The number of aryl methyl sites for hydroxylation is 2. The molecule has 1 N–H and O–H groups in total. The van der Waals surface area contributed by atoms with Gasteiger partial charge in [-0.15, -0.1) is 0 Å². The van der Waals surface area contributed by atoms with Gasteiger partial charge in [-0.2, -0.15) is 0 Å². The van der Waals surface area contributed by atoms with E-state index in [9.17, 15) is 18.4 Å². The fraction of sp³-hybridized carbons (Fsp3) is 0.100. The standard InChI is InChI=1S/C20H14F2N4O3/c1-10-6-15-16(29-20(28)26(15)2)7-11(10)14-8-24-17(9-23-14)25-19(27)18-12(21)4-3-5-13(18)22/h3-9H,1-2H3,(H,24,25,27). The number of carbonyl (C=O) groups excluding carboxylic acids is 1. The molecule has 0 radical (unpaired) electrons. The molecule has 0 spiro atoms. The highest BCUT2D eigenvalue weighted by Gasteiger charge is 2.18. The number of halogens is 2. The quantitative estimate of drug-likeness (QED) is 0.573. The predicted octanol–water partition coefficient (Wildman–Crippen LogP) is 3.43. The van der Waals surface area contributed by atoms with Gasteiger partial charge in [-0.25, -0.2) is 18.6 Å². The Balaban J connectivity index is 1.63. The number of nitrogens with zero attached hydrogens (tertiary/aromatic N) is 3. The van der Waals surface area contributed by atoms with E-state index >= 15 is 0 Å². The highest BCUT2D eigenvalue weighted by molar-refractivity contribution is 6.04. The van der Waals surface area contributed by atoms with E-state index in [-0.39, 0.29) is 5.82 Å². The Morgan fingerprint density at radius 2 is 1.86 bits per heavy atom. The van der Waals surface area contributed by atoms with E-state index in [1.54, 1.807) is 19.2 Å². The van der Waals surface area contributed by atoms with Crippen molar-refractivity contribution in [2.45, 2.75) is 6.92 Å². The molecule has 2 aromatic heterocycles. The van der Waals surface area contributed by atoms with Crippen molar-refractivity contribution in [2.75, 3.05) is 5.32 Å². The topological polar surface area (TPSA) is 90.0 Å². The van der Waals surface area contributed by atoms with Gasteiger partial charge >= 0.3 is 5.76 Å². The zero-order valence-corrected chi connectivity index (χ0v) is 15.4. The molecular weight excluding hydrogens is 382 g/mol. The van der Waals surface area contributed by atoms with E-state index in [4.69, 9.17) is 4.42 Å². The normalized spacial score (nSPS) is 11.0. The van der Waals surface area contributed by atoms with Crippen LogP contribution in [0.4, 0.5) is 14.6 Å². The maximum atomic E-state index is 13.7. The zero-order chi connectivity index (χ0) is 20.7. The van der Waals surface area contributed by atoms with Crippen LogP contribution in [0.1, 0.15) is 15.9 Å². The van der Waals surface area contributed by atoms with Crippen LogP contribution in [0.15, 0.2) is 51.9 Å². The number of oxazole rings is 1. The molecule has 0 aliphatic rings. The first-order chi connectivity index (χ1) is 13.8. The Morgan fingerprint density at radius 3 is 2.52 bits per heavy atom. The molecule has 29 heavy (non-hydrogen) atoms. The van der Waals surface area contributed by atoms with Crippen LogP contribution in [-0.2, 0) is 7.05 Å². The van der Waals surface area contributed by atoms with E-state index < -0.39 is 28.9 Å². The number of fused-ring (bicyclic) bond motifs is 1. The van der Waals surface area contributed by atoms with Crippen molar-refractivity contribution in [1.29, 1.82) is 0 Å². The lowest BCUT2D eigenvalue weighted by Crippen LogP contribution is -2.16. The Bertz CT molecular complexity index is 1290. The first kappa shape index (κ1) is 18.5. The smallest absolute Gasteiger partial charge is 0.408 e. The van der Waals surface area contributed by atoms with Crippen LogP contribution in [0.2, 0.25) is 0 Å². The van der Waals surface area contributed by atoms with Gasteiger partial charge < -0.3 is 9.73 Å². The van der Waals surface area contributed by atoms with Crippen molar-refractivity contribution in [3.63, 3.8) is 0 Å². The van der Waals surface area contributed by atoms with Crippen molar-refractivity contribution in [1.82, 2.24) is 14.5 Å². The van der Waals surface area contributed by atoms with E-state index in [1.165, 1.54) is 23.0 Å². The molecule has 0 aliphatic carbocycles. The van der Waals surface area contributed by atoms with E-state index in [0.29, 0.717) is 22.4 Å². The molecule has 2 aromatic carbocycles. The Kier molecular flexibility index (Phi) is 4.42. The van der Waals surface area contributed by atoms with Crippen molar-refractivity contribution in [3.05, 3.63) is 76.0 Å². The molecule has 0 saturated heterocycles. The molecule has 1 amide bonds. The summed E-state index contributed by atoms with van der Waals surface area (Å²) in [7, 11) is 1.61. The molecule has 4 rings (SSSR count). The van der Waals surface area contributed by atoms with E-state index in [1.807, 2.05) is 6.92 Å². The molecule has 0 saturated carbocycles. The van der Waals surface area contributed by atoms with Crippen LogP contribution < -0.4 is 11.1 Å². The Hall–Kier alpha value is -3.88. The largest absolute Gasteiger partial charge is 0.419 e. The number of hydrogen-bond donors (Lipinski definition) is 1. The number of amides is 1. The molecule has 0 fully saturated rings. The summed E-state index contributed by atoms with van der Waals surface area (Å²) in [4.78, 5) is 32.2. The number of anilines is 1. The molecule has 0 atom stereocenters. The summed E-state index contributed by atoms with van der Waals surface area (Å²) >= 11 is 0. The summed E-state index contributed by atoms with van der Waals surface area (Å²) in [6.07, 6.45) is 2.68. The Morgan fingerprint density at radius 1 is 1.14 bits per heavy atom. The molecule has 2 heterocycles. The van der Waals surface area contributed by atoms with Crippen LogP contribution in [0, 0.1) is 18.6 Å². The summed E-state index contributed by atoms with van der Waals surface area (Å²) in [6, 6.07) is 6.64. The van der Waals surface area contributed by atoms with Crippen molar-refractivity contribution in [2.24, 2.45) is 7.05 Å². The predicted molar refractivity (Wildman–Crippen MR) is 102 cm³/mol. The average molecular weight is 396 g/mol. The minimum absolute atomic E-state index is 0.0337. The third kappa shape index (κ3) is 3.27. The molecule has 0 aliphatic heterocycles. The Labute approximate surface area is 162 Å². The molecule has 9 heteroatoms. The summed E-state index contributed by atoms with van der Waals surface area (Å²) in [5.74, 6) is -3.35. The second-order valence-electron chi connectivity index (χ2n) is 6.40. The lowest BCUT2D eigenvalue weighted by Gasteiger charge is -2.08. The van der Waals surface area contributed by atoms with Crippen molar-refractivity contribution in [3.8, 4) is 11.3 Å². The monoisotopic (exact) mass is 396 g/mol. The van der Waals surface area contributed by atoms with Gasteiger partial charge in [-0.3, -0.25) is 14.3 Å². The van der Waals surface area contributed by atoms with E-state index in [0.717, 1.165) is 17.7 Å². The molecule has 146 valence electrons. The second-order valence-corrected chi connectivity index (χ2v) is 6.40. The SMILES string of the molecule is Cc1cc2c(cc1-c1cnc(NC(=O)c3c(F)cccc3F)cn1)oc(=O)n2C. The first-order valence-corrected chi connectivity index (χ1v) is 8.53. The number of rotatable bonds is 3. The molecule has 4 aromatic rings. The minimum Gasteiger partial charge on any atom is -0.408 e. The van der Waals surface area contributed by atoms with Gasteiger partial charge in [0.15, 0.2) is 11.4 Å². The van der Waals surface area contributed by atoms with Gasteiger partial charge in [0.05, 0.1) is 23.6 Å². The molecule has 7 nitrogen and oxygen atoms in total. The molecular formula is C20H14F2N4O3. The fourth-order valence-electron chi connectivity index (χ4n) is 2.98. The number of hydrogen-bond acceptors (Lipinski definition) is 5. The lowest BCUT2D eigenvalue weighted by atomic mass is 10.1. The summed E-state index contributed by atoms with van der Waals surface area (Å²) in [5.41, 5.74) is 2.38. The van der Waals surface area contributed by atoms with Crippen LogP contribution in [0.5, 0.6) is 0 Å². The summed E-state index contributed by atoms with van der Waals surface area (Å²) in [5, 5.41) is 2.32. The maximum Gasteiger partial charge on any atom is 0.419 e. The third-order valence-corrected chi connectivity index (χ3v) is 4.50. The number of carbonyl (C=O) groups is 1. The van der Waals surface area contributed by atoms with Crippen molar-refractivity contribution < 1.29 is 18.0 Å². The van der Waals surface area contributed by atoms with Crippen LogP contribution >= 0.6 is 0 Å². The number of benzene rings is 2. The molecule has 0 bridgehead atoms. The first-order valence-electron chi connectivity index (χ1n) is 8.53. The second kappa shape index (κ2) is 6.93. The maximum absolute atomic E-state index is 13.7.